The van der Waals surface area contributed by atoms with E-state index in [-0.39, 0.29) is 5.91 Å². The van der Waals surface area contributed by atoms with Crippen LogP contribution in [0.4, 0.5) is 5.69 Å². The number of nitrogens with zero attached hydrogens (tertiary/aromatic N) is 3. The quantitative estimate of drug-likeness (QED) is 0.120. The maximum atomic E-state index is 13.7. The molecule has 0 fully saturated rings. The van der Waals surface area contributed by atoms with E-state index < -0.39 is 0 Å². The average Bonchev–Trinajstić information content (AvgIpc) is 3.73. The Kier molecular flexibility index (Phi) is 10.5. The van der Waals surface area contributed by atoms with Gasteiger partial charge in [0.2, 0.25) is 0 Å². The van der Waals surface area contributed by atoms with Crippen LogP contribution in [-0.2, 0) is 9.53 Å². The van der Waals surface area contributed by atoms with Crippen LogP contribution in [-0.4, -0.2) is 46.7 Å². The Balaban J connectivity index is 1.30. The van der Waals surface area contributed by atoms with Crippen molar-refractivity contribution in [3.8, 4) is 0 Å². The van der Waals surface area contributed by atoms with Gasteiger partial charge in [0.25, 0.3) is 5.04 Å². The molecule has 0 atom stereocenters. The second-order valence-corrected chi connectivity index (χ2v) is 14.2. The predicted octanol–water partition coefficient (Wildman–Crippen LogP) is 9.71. The molecule has 6 rings (SSSR count). The summed E-state index contributed by atoms with van der Waals surface area (Å²) in [4.78, 5) is 21.5. The molecular formula is C39H40N3O2S3+. The van der Waals surface area contributed by atoms with Gasteiger partial charge in [0.15, 0.2) is 6.54 Å². The third-order valence-corrected chi connectivity index (χ3v) is 11.4. The minimum absolute atomic E-state index is 0.0166. The van der Waals surface area contributed by atoms with Crippen LogP contribution in [0.5, 0.6) is 0 Å². The molecule has 0 radical (unpaired) electrons. The van der Waals surface area contributed by atoms with E-state index in [2.05, 4.69) is 122 Å². The maximum Gasteiger partial charge on any atom is 0.427 e. The largest absolute Gasteiger partial charge is 0.494 e. The van der Waals surface area contributed by atoms with Crippen molar-refractivity contribution in [3.05, 3.63) is 141 Å². The summed E-state index contributed by atoms with van der Waals surface area (Å²) in [5, 5.41) is 3.17. The summed E-state index contributed by atoms with van der Waals surface area (Å²) in [7, 11) is 0. The SMILES string of the molecule is CCOC(=C\C=C1/SC(/C=C2\SC(c3ccccc3)=C(c3ccccc3)N2CC)=[N+](CC)C1=O)/C=C1/Sc2ccc(C)cc2N1CC. The van der Waals surface area contributed by atoms with E-state index in [4.69, 9.17) is 4.74 Å². The minimum atomic E-state index is 0.0166. The van der Waals surface area contributed by atoms with Crippen LogP contribution in [0.3, 0.4) is 0 Å². The lowest BCUT2D eigenvalue weighted by Crippen LogP contribution is -2.21. The Morgan fingerprint density at radius 3 is 2.19 bits per heavy atom. The maximum absolute atomic E-state index is 13.7. The number of hydrogen-bond donors (Lipinski definition) is 0. The smallest absolute Gasteiger partial charge is 0.427 e. The number of likely N-dealkylation sites (N-methyl/N-ethyl adjacent to an activating group) is 1. The van der Waals surface area contributed by atoms with Crippen molar-refractivity contribution >= 4 is 62.5 Å². The Hall–Kier alpha value is -3.85. The lowest BCUT2D eigenvalue weighted by atomic mass is 10.1. The van der Waals surface area contributed by atoms with E-state index in [1.807, 2.05) is 30.6 Å². The fourth-order valence-electron chi connectivity index (χ4n) is 5.82. The number of fused-ring (bicyclic) bond motifs is 1. The third-order valence-electron chi connectivity index (χ3n) is 8.03. The van der Waals surface area contributed by atoms with Gasteiger partial charge in [-0.15, -0.1) is 0 Å². The highest BCUT2D eigenvalue weighted by Gasteiger charge is 2.38. The zero-order chi connectivity index (χ0) is 32.9. The highest BCUT2D eigenvalue weighted by Crippen LogP contribution is 2.51. The van der Waals surface area contributed by atoms with Gasteiger partial charge in [0.1, 0.15) is 10.7 Å². The molecule has 3 aliphatic rings. The van der Waals surface area contributed by atoms with Crippen LogP contribution < -0.4 is 4.90 Å². The Morgan fingerprint density at radius 1 is 0.830 bits per heavy atom. The zero-order valence-corrected chi connectivity index (χ0v) is 30.0. The molecule has 5 nitrogen and oxygen atoms in total. The number of aryl methyl sites for hydroxylation is 1. The summed E-state index contributed by atoms with van der Waals surface area (Å²) in [5.74, 6) is 0.754. The van der Waals surface area contributed by atoms with Gasteiger partial charge in [0.05, 0.1) is 28.0 Å². The van der Waals surface area contributed by atoms with E-state index in [1.54, 1.807) is 23.5 Å². The van der Waals surface area contributed by atoms with Crippen LogP contribution in [0.25, 0.3) is 10.6 Å². The lowest BCUT2D eigenvalue weighted by molar-refractivity contribution is -0.435. The molecule has 47 heavy (non-hydrogen) atoms. The number of allylic oxidation sites excluding steroid dienone is 3. The molecule has 3 aromatic rings. The molecule has 0 aromatic heterocycles. The van der Waals surface area contributed by atoms with E-state index in [1.165, 1.54) is 49.6 Å². The number of carbonyl (C=O) groups excluding carboxylic acids is 1. The molecular weight excluding hydrogens is 639 g/mol. The number of benzene rings is 3. The van der Waals surface area contributed by atoms with Gasteiger partial charge >= 0.3 is 5.91 Å². The van der Waals surface area contributed by atoms with Crippen molar-refractivity contribution in [3.63, 3.8) is 0 Å². The van der Waals surface area contributed by atoms with Crippen LogP contribution >= 0.6 is 35.3 Å². The summed E-state index contributed by atoms with van der Waals surface area (Å²) in [6.07, 6.45) is 8.13. The molecule has 0 saturated heterocycles. The van der Waals surface area contributed by atoms with Gasteiger partial charge in [-0.2, -0.15) is 4.58 Å². The molecule has 240 valence electrons. The van der Waals surface area contributed by atoms with Crippen molar-refractivity contribution in [1.82, 2.24) is 4.90 Å². The normalized spacial score (nSPS) is 19.3. The standard InChI is InChI=1S/C39H40N3O2S3/c1-6-40-31-24-27(5)20-22-32(31)45-34(40)25-30(44-9-4)21-23-33-39(43)42(8-3)36(46-33)26-35-41(7-2)37(28-16-12-10-13-17-28)38(47-35)29-18-14-11-15-19-29/h10-26H,6-9H2,1-5H3/q+1/b30-21-,33-23-,34-25+. The van der Waals surface area contributed by atoms with Crippen LogP contribution in [0.15, 0.2) is 129 Å². The minimum Gasteiger partial charge on any atom is -0.494 e. The Labute approximate surface area is 291 Å². The van der Waals surface area contributed by atoms with Crippen molar-refractivity contribution in [2.75, 3.05) is 31.1 Å². The summed E-state index contributed by atoms with van der Waals surface area (Å²) in [6.45, 7) is 13.3. The second kappa shape index (κ2) is 14.9. The lowest BCUT2D eigenvalue weighted by Gasteiger charge is -2.21. The number of ether oxygens (including phenoxy) is 1. The van der Waals surface area contributed by atoms with Crippen molar-refractivity contribution in [1.29, 1.82) is 0 Å². The van der Waals surface area contributed by atoms with Crippen LogP contribution in [0.2, 0.25) is 0 Å². The molecule has 0 saturated carbocycles. The van der Waals surface area contributed by atoms with E-state index in [0.717, 1.165) is 34.0 Å². The molecule has 0 bridgehead atoms. The number of amides is 1. The monoisotopic (exact) mass is 678 g/mol. The first-order valence-electron chi connectivity index (χ1n) is 16.2. The molecule has 0 spiro atoms. The number of rotatable bonds is 10. The van der Waals surface area contributed by atoms with Gasteiger partial charge < -0.3 is 14.5 Å². The second-order valence-electron chi connectivity index (χ2n) is 11.1. The molecule has 0 N–H and O–H groups in total. The topological polar surface area (TPSA) is 35.8 Å². The fraction of sp³-hybridized carbons (Fsp3) is 0.231. The summed E-state index contributed by atoms with van der Waals surface area (Å²) >= 11 is 5.05. The van der Waals surface area contributed by atoms with Crippen LogP contribution in [0, 0.1) is 6.92 Å². The van der Waals surface area contributed by atoms with Crippen LogP contribution in [0.1, 0.15) is 44.4 Å². The number of thioether (sulfide) groups is 3. The highest BCUT2D eigenvalue weighted by atomic mass is 32.2. The summed E-state index contributed by atoms with van der Waals surface area (Å²) in [6, 6.07) is 27.7. The number of carbonyl (C=O) groups is 1. The molecule has 1 amide bonds. The van der Waals surface area contributed by atoms with E-state index in [9.17, 15) is 4.79 Å². The highest BCUT2D eigenvalue weighted by molar-refractivity contribution is 8.18. The van der Waals surface area contributed by atoms with Crippen molar-refractivity contribution < 1.29 is 14.1 Å². The van der Waals surface area contributed by atoms with E-state index >= 15 is 0 Å². The van der Waals surface area contributed by atoms with Gasteiger partial charge in [-0.25, -0.2) is 4.79 Å². The number of hydrogen-bond acceptors (Lipinski definition) is 7. The molecule has 3 heterocycles. The van der Waals surface area contributed by atoms with Crippen molar-refractivity contribution in [2.24, 2.45) is 0 Å². The Bertz CT molecular complexity index is 1860. The third kappa shape index (κ3) is 6.91. The van der Waals surface area contributed by atoms with Gasteiger partial charge in [-0.3, -0.25) is 0 Å². The number of anilines is 1. The predicted molar refractivity (Wildman–Crippen MR) is 202 cm³/mol. The first-order chi connectivity index (χ1) is 22.9. The molecule has 0 aliphatic carbocycles. The molecule has 3 aromatic carbocycles. The average molecular weight is 679 g/mol. The van der Waals surface area contributed by atoms with E-state index in [0.29, 0.717) is 18.1 Å². The summed E-state index contributed by atoms with van der Waals surface area (Å²) < 4.78 is 7.94. The van der Waals surface area contributed by atoms with Gasteiger partial charge in [0, 0.05) is 35.0 Å². The molecule has 0 unspecified atom stereocenters. The molecule has 3 aliphatic heterocycles. The first-order valence-corrected chi connectivity index (χ1v) is 18.6. The Morgan fingerprint density at radius 2 is 1.53 bits per heavy atom. The first kappa shape index (κ1) is 33.1. The van der Waals surface area contributed by atoms with Crippen molar-refractivity contribution in [2.45, 2.75) is 39.5 Å². The fourth-order valence-corrected chi connectivity index (χ4v) is 9.38. The molecule has 8 heteroatoms. The zero-order valence-electron chi connectivity index (χ0n) is 27.5. The van der Waals surface area contributed by atoms with Gasteiger partial charge in [-0.1, -0.05) is 90.3 Å². The van der Waals surface area contributed by atoms with Gasteiger partial charge in [-0.05, 0) is 87.4 Å². The summed E-state index contributed by atoms with van der Waals surface area (Å²) in [5.41, 5.74) is 6.05.